The van der Waals surface area contributed by atoms with Gasteiger partial charge in [0, 0.05) is 161 Å². The maximum atomic E-state index is 14.1. The standard InChI is InChI=1S/C85H151N5O29/c1-59-68(50-62(53-91)79(105)76(59)102)113-44-23-31-64(94)28-15-9-7-14-22-42-88-84(108)117-48-27-43-111-57-85(89-73(99)37-36-65(95)30-18-19-34-74(100)90-52-67(110-5)51-63(90)56-109-4,39-26-47-114-75(101)35-17-11-8-13-21-41-87-72(98)33-25-46-116-83-61(3)78(104)81(107)70(55-93)119-83)58-112-49-38-66(96)29-16-10-6-12-20-40-86-71(97)32-24-45-115-82-60(2)77(103)80(106)69(54-92)118-82/h59-63,67-70,76-83,91-93,102-107H,6-58H2,1-5H3,(H,86,97)(H,87,98)(H,88,108)(H,89,99)/t59?,60?,61?,62?,63-,67+,68?,69?,70?,76?,77?,78?,79?,80?,81?,82?,83?,85?/m1/s1. The number of alkyl carbamates (subject to hydrolysis) is 1. The number of aliphatic hydroxyl groups is 9. The molecule has 1 aliphatic carbocycles. The van der Waals surface area contributed by atoms with Crippen LogP contribution in [0.3, 0.4) is 0 Å². The fourth-order valence-corrected chi connectivity index (χ4v) is 15.3. The average Bonchev–Trinajstić information content (AvgIpc) is 1.73. The Kier molecular flexibility index (Phi) is 56.2. The molecule has 0 aromatic carbocycles. The van der Waals surface area contributed by atoms with Crippen molar-refractivity contribution in [2.45, 2.75) is 337 Å². The monoisotopic (exact) mass is 1710 g/mol. The van der Waals surface area contributed by atoms with Crippen LogP contribution in [-0.4, -0.2) is 315 Å². The first kappa shape index (κ1) is 106. The van der Waals surface area contributed by atoms with Crippen LogP contribution < -0.4 is 21.3 Å². The van der Waals surface area contributed by atoms with E-state index in [0.29, 0.717) is 123 Å². The minimum Gasteiger partial charge on any atom is -0.466 e. The molecule has 4 fully saturated rings. The van der Waals surface area contributed by atoms with E-state index < -0.39 is 116 Å². The fourth-order valence-electron chi connectivity index (χ4n) is 15.3. The van der Waals surface area contributed by atoms with E-state index in [9.17, 15) is 89.1 Å². The molecule has 119 heavy (non-hydrogen) atoms. The predicted molar refractivity (Wildman–Crippen MR) is 435 cm³/mol. The van der Waals surface area contributed by atoms with Crippen molar-refractivity contribution in [1.82, 2.24) is 26.2 Å². The van der Waals surface area contributed by atoms with Crippen molar-refractivity contribution in [2.24, 2.45) is 23.7 Å². The predicted octanol–water partition coefficient (Wildman–Crippen LogP) is 4.55. The second-order valence-electron chi connectivity index (χ2n) is 32.9. The largest absolute Gasteiger partial charge is 0.466 e. The van der Waals surface area contributed by atoms with Crippen LogP contribution in [0.25, 0.3) is 0 Å². The summed E-state index contributed by atoms with van der Waals surface area (Å²) in [5.74, 6) is -2.99. The first-order chi connectivity index (χ1) is 57.3. The van der Waals surface area contributed by atoms with E-state index >= 15 is 0 Å². The van der Waals surface area contributed by atoms with Crippen molar-refractivity contribution in [1.29, 1.82) is 0 Å². The van der Waals surface area contributed by atoms with Crippen LogP contribution in [0.4, 0.5) is 4.79 Å². The summed E-state index contributed by atoms with van der Waals surface area (Å²) >= 11 is 0. The molecule has 4 aliphatic rings. The Balaban J connectivity index is 1.25. The number of likely N-dealkylation sites (tertiary alicyclic amines) is 1. The molecule has 1 saturated carbocycles. The molecule has 0 spiro atoms. The molecule has 18 atom stereocenters. The number of aliphatic hydroxyl groups excluding tert-OH is 9. The lowest BCUT2D eigenvalue weighted by atomic mass is 9.76. The number of nitrogens with one attached hydrogen (secondary N) is 4. The van der Waals surface area contributed by atoms with Crippen LogP contribution in [0.2, 0.25) is 0 Å². The number of unbranched alkanes of at least 4 members (excludes halogenated alkanes) is 13. The average molecular weight is 1710 g/mol. The van der Waals surface area contributed by atoms with Gasteiger partial charge in [0.15, 0.2) is 12.6 Å². The molecule has 4 rings (SSSR count). The van der Waals surface area contributed by atoms with Gasteiger partial charge in [-0.05, 0) is 96.3 Å². The number of ether oxygens (including phenoxy) is 11. The van der Waals surface area contributed by atoms with E-state index in [0.717, 1.165) is 77.0 Å². The highest BCUT2D eigenvalue weighted by Gasteiger charge is 2.45. The molecule has 3 aliphatic heterocycles. The SMILES string of the molecule is COC[C@H]1C[C@H](OC)CN1C(=O)CCCCC(=O)CCC(=O)NC(CCCOC(=O)CCCCCCCNC(=O)CCCOC1OC(CO)C(O)C(O)C1C)(COCCCOC(=O)NCCCCCCCC(=O)CCCOC1CC(CO)C(O)C(O)C1C)COCCC(=O)CCCCCCCNC(=O)CCCOC1OC(CO)C(O)C(O)C1C. The summed E-state index contributed by atoms with van der Waals surface area (Å²) in [7, 11) is 3.21. The van der Waals surface area contributed by atoms with Crippen molar-refractivity contribution >= 4 is 53.0 Å². The third-order valence-corrected chi connectivity index (χ3v) is 23.0. The maximum absolute atomic E-state index is 14.1. The zero-order valence-electron chi connectivity index (χ0n) is 71.9. The summed E-state index contributed by atoms with van der Waals surface area (Å²) in [5.41, 5.74) is -1.24. The third-order valence-electron chi connectivity index (χ3n) is 23.0. The zero-order chi connectivity index (χ0) is 87.2. The highest BCUT2D eigenvalue weighted by Crippen LogP contribution is 2.33. The topological polar surface area (TPSA) is 489 Å². The Hall–Kier alpha value is -5.09. The number of hydrogen-bond donors (Lipinski definition) is 13. The van der Waals surface area contributed by atoms with E-state index in [4.69, 9.17) is 52.1 Å². The number of nitrogens with zero attached hydrogens (tertiary/aromatic N) is 1. The molecule has 3 heterocycles. The summed E-state index contributed by atoms with van der Waals surface area (Å²) in [6.45, 7) is 6.83. The summed E-state index contributed by atoms with van der Waals surface area (Å²) in [5, 5.41) is 102. The summed E-state index contributed by atoms with van der Waals surface area (Å²) in [4.78, 5) is 119. The molecule has 0 radical (unpaired) electrons. The number of carbonyl (C=O) groups is 9. The van der Waals surface area contributed by atoms with Gasteiger partial charge in [0.2, 0.25) is 23.6 Å². The normalized spacial score (nSPS) is 25.6. The highest BCUT2D eigenvalue weighted by atomic mass is 16.7. The smallest absolute Gasteiger partial charge is 0.407 e. The van der Waals surface area contributed by atoms with Gasteiger partial charge in [-0.2, -0.15) is 0 Å². The number of methoxy groups -OCH3 is 2. The molecule has 690 valence electrons. The van der Waals surface area contributed by atoms with Crippen LogP contribution in [0.15, 0.2) is 0 Å². The summed E-state index contributed by atoms with van der Waals surface area (Å²) in [6, 6.07) is -0.0927. The number of amides is 5. The van der Waals surface area contributed by atoms with Gasteiger partial charge in [0.1, 0.15) is 41.8 Å². The molecule has 34 nitrogen and oxygen atoms in total. The van der Waals surface area contributed by atoms with E-state index in [1.165, 1.54) is 0 Å². The molecule has 5 amide bonds. The summed E-state index contributed by atoms with van der Waals surface area (Å²) in [6.07, 6.45) is 6.57. The Morgan fingerprint density at radius 3 is 1.45 bits per heavy atom. The number of ketones is 3. The van der Waals surface area contributed by atoms with Gasteiger partial charge >= 0.3 is 12.1 Å². The van der Waals surface area contributed by atoms with Crippen molar-refractivity contribution in [3.63, 3.8) is 0 Å². The maximum Gasteiger partial charge on any atom is 0.407 e. The molecular weight excluding hydrogens is 1550 g/mol. The van der Waals surface area contributed by atoms with E-state index in [2.05, 4.69) is 21.3 Å². The quantitative estimate of drug-likeness (QED) is 0.0293. The van der Waals surface area contributed by atoms with Crippen LogP contribution in [0, 0.1) is 23.7 Å². The van der Waals surface area contributed by atoms with E-state index in [1.807, 2.05) is 6.92 Å². The van der Waals surface area contributed by atoms with Crippen LogP contribution in [0.1, 0.15) is 252 Å². The first-order valence-corrected chi connectivity index (χ1v) is 44.3. The second-order valence-corrected chi connectivity index (χ2v) is 32.9. The van der Waals surface area contributed by atoms with Gasteiger partial charge in [-0.25, -0.2) is 4.79 Å². The Bertz CT molecular complexity index is 2720. The molecular formula is C85H151N5O29. The van der Waals surface area contributed by atoms with Crippen molar-refractivity contribution in [3.8, 4) is 0 Å². The number of Topliss-reactive ketones (excluding diaryl/α,β-unsaturated/α-hetero) is 3. The van der Waals surface area contributed by atoms with Crippen LogP contribution >= 0.6 is 0 Å². The highest BCUT2D eigenvalue weighted by molar-refractivity contribution is 5.85. The summed E-state index contributed by atoms with van der Waals surface area (Å²) < 4.78 is 63.0. The van der Waals surface area contributed by atoms with Crippen LogP contribution in [-0.2, 0) is 90.5 Å². The Labute approximate surface area is 704 Å². The molecule has 3 saturated heterocycles. The molecule has 34 heteroatoms. The Morgan fingerprint density at radius 1 is 0.420 bits per heavy atom. The molecule has 16 unspecified atom stereocenters. The lowest BCUT2D eigenvalue weighted by molar-refractivity contribution is -0.282. The van der Waals surface area contributed by atoms with Gasteiger partial charge in [-0.3, -0.25) is 38.4 Å². The number of carbonyl (C=O) groups excluding carboxylic acids is 9. The molecule has 0 bridgehead atoms. The lowest BCUT2D eigenvalue weighted by Crippen LogP contribution is -2.55. The van der Waals surface area contributed by atoms with Gasteiger partial charge < -0.3 is 124 Å². The lowest BCUT2D eigenvalue weighted by Gasteiger charge is -2.40. The van der Waals surface area contributed by atoms with Gasteiger partial charge in [0.05, 0.1) is 114 Å². The molecule has 13 N–H and O–H groups in total. The van der Waals surface area contributed by atoms with Gasteiger partial charge in [-0.15, -0.1) is 0 Å². The second kappa shape index (κ2) is 62.9. The van der Waals surface area contributed by atoms with Crippen molar-refractivity contribution < 1.29 is 141 Å². The van der Waals surface area contributed by atoms with E-state index in [1.54, 1.807) is 33.0 Å². The van der Waals surface area contributed by atoms with E-state index in [-0.39, 0.29) is 189 Å². The van der Waals surface area contributed by atoms with Crippen molar-refractivity contribution in [3.05, 3.63) is 0 Å². The Morgan fingerprint density at radius 2 is 0.891 bits per heavy atom. The number of rotatable bonds is 69. The number of hydrogen-bond acceptors (Lipinski definition) is 29. The molecule has 0 aromatic heterocycles. The van der Waals surface area contributed by atoms with Gasteiger partial charge in [-0.1, -0.05) is 78.6 Å². The number of esters is 1. The van der Waals surface area contributed by atoms with Crippen LogP contribution in [0.5, 0.6) is 0 Å². The molecule has 0 aromatic rings. The first-order valence-electron chi connectivity index (χ1n) is 44.3. The zero-order valence-corrected chi connectivity index (χ0v) is 71.9. The van der Waals surface area contributed by atoms with Gasteiger partial charge in [0.25, 0.3) is 0 Å². The minimum absolute atomic E-state index is 0.000767. The minimum atomic E-state index is -1.24. The third kappa shape index (κ3) is 43.4. The fraction of sp³-hybridized carbons (Fsp3) is 0.894. The van der Waals surface area contributed by atoms with Crippen molar-refractivity contribution in [2.75, 3.05) is 126 Å².